The molecule has 0 unspecified atom stereocenters. The van der Waals surface area contributed by atoms with Crippen molar-refractivity contribution in [2.75, 3.05) is 28.9 Å². The van der Waals surface area contributed by atoms with Crippen molar-refractivity contribution in [3.63, 3.8) is 0 Å². The van der Waals surface area contributed by atoms with Crippen LogP contribution in [0.5, 0.6) is 11.5 Å². The second-order valence-corrected chi connectivity index (χ2v) is 5.93. The highest BCUT2D eigenvalue weighted by molar-refractivity contribution is 6.04. The molecule has 1 atom stereocenters. The van der Waals surface area contributed by atoms with Gasteiger partial charge in [-0.15, -0.1) is 0 Å². The van der Waals surface area contributed by atoms with Gasteiger partial charge < -0.3 is 25.0 Å². The van der Waals surface area contributed by atoms with E-state index in [2.05, 4.69) is 10.6 Å². The molecule has 2 aliphatic rings. The predicted octanol–water partition coefficient (Wildman–Crippen LogP) is 2.20. The van der Waals surface area contributed by atoms with E-state index in [1.54, 1.807) is 30.0 Å². The number of hydrogen-bond donors (Lipinski definition) is 2. The molecular formula is C18H17N3O4. The fourth-order valence-electron chi connectivity index (χ4n) is 2.97. The predicted molar refractivity (Wildman–Crippen MR) is 93.1 cm³/mol. The number of hydrogen-bond acceptors (Lipinski definition) is 5. The minimum atomic E-state index is -0.516. The van der Waals surface area contributed by atoms with Crippen LogP contribution in [0, 0.1) is 0 Å². The molecule has 2 aromatic rings. The third-order valence-corrected chi connectivity index (χ3v) is 4.29. The Morgan fingerprint density at radius 1 is 1.20 bits per heavy atom. The molecule has 0 radical (unpaired) electrons. The summed E-state index contributed by atoms with van der Waals surface area (Å²) in [4.78, 5) is 26.4. The molecule has 2 aromatic carbocycles. The van der Waals surface area contributed by atoms with Gasteiger partial charge in [0, 0.05) is 11.8 Å². The summed E-state index contributed by atoms with van der Waals surface area (Å²) in [6.45, 7) is 2.09. The van der Waals surface area contributed by atoms with Crippen molar-refractivity contribution in [1.29, 1.82) is 0 Å². The molecule has 2 N–H and O–H groups in total. The van der Waals surface area contributed by atoms with Gasteiger partial charge in [-0.2, -0.15) is 0 Å². The lowest BCUT2D eigenvalue weighted by Gasteiger charge is -2.34. The summed E-state index contributed by atoms with van der Waals surface area (Å²) in [5, 5.41) is 5.69. The van der Waals surface area contributed by atoms with Crippen LogP contribution in [0.2, 0.25) is 0 Å². The average molecular weight is 339 g/mol. The Labute approximate surface area is 144 Å². The summed E-state index contributed by atoms with van der Waals surface area (Å²) in [7, 11) is 0. The molecule has 128 valence electrons. The number of ether oxygens (including phenoxy) is 2. The molecule has 0 aromatic heterocycles. The number of carbonyl (C=O) groups is 2. The van der Waals surface area contributed by atoms with E-state index in [0.29, 0.717) is 22.9 Å². The fraction of sp³-hybridized carbons (Fsp3) is 0.222. The molecule has 2 heterocycles. The van der Waals surface area contributed by atoms with Gasteiger partial charge in [-0.3, -0.25) is 9.59 Å². The molecule has 0 saturated heterocycles. The lowest BCUT2D eigenvalue weighted by atomic mass is 10.1. The first-order valence-corrected chi connectivity index (χ1v) is 7.98. The van der Waals surface area contributed by atoms with E-state index in [4.69, 9.17) is 9.47 Å². The number of rotatable bonds is 3. The highest BCUT2D eigenvalue weighted by Gasteiger charge is 2.29. The number of fused-ring (bicyclic) bond motifs is 2. The van der Waals surface area contributed by atoms with E-state index in [1.165, 1.54) is 0 Å². The SMILES string of the molecule is C[C@@H](C(=O)Nc1ccc2c(c1)OCO2)N1CC(=O)Nc2ccccc21. The quantitative estimate of drug-likeness (QED) is 0.896. The Balaban J connectivity index is 1.53. The van der Waals surface area contributed by atoms with E-state index < -0.39 is 6.04 Å². The maximum atomic E-state index is 12.7. The number of benzene rings is 2. The number of nitrogens with one attached hydrogen (secondary N) is 2. The third kappa shape index (κ3) is 2.84. The standard InChI is InChI=1S/C18H17N3O4/c1-11(21-9-17(22)20-13-4-2-3-5-14(13)21)18(23)19-12-6-7-15-16(8-12)25-10-24-15/h2-8,11H,9-10H2,1H3,(H,19,23)(H,20,22)/t11-/m0/s1. The van der Waals surface area contributed by atoms with Crippen LogP contribution in [0.1, 0.15) is 6.92 Å². The van der Waals surface area contributed by atoms with E-state index >= 15 is 0 Å². The van der Waals surface area contributed by atoms with Crippen LogP contribution in [0.15, 0.2) is 42.5 Å². The zero-order chi connectivity index (χ0) is 17.4. The molecule has 0 bridgehead atoms. The van der Waals surface area contributed by atoms with Gasteiger partial charge in [0.25, 0.3) is 0 Å². The lowest BCUT2D eigenvalue weighted by molar-refractivity contribution is -0.117. The normalized spacial score (nSPS) is 16.0. The first-order chi connectivity index (χ1) is 12.1. The summed E-state index contributed by atoms with van der Waals surface area (Å²) in [5.74, 6) is 0.922. The van der Waals surface area contributed by atoms with Gasteiger partial charge in [0.15, 0.2) is 11.5 Å². The number of amides is 2. The summed E-state index contributed by atoms with van der Waals surface area (Å²) in [5.41, 5.74) is 2.16. The molecule has 7 heteroatoms. The zero-order valence-corrected chi connectivity index (χ0v) is 13.6. The van der Waals surface area contributed by atoms with Crippen LogP contribution in [-0.2, 0) is 9.59 Å². The number of anilines is 3. The number of nitrogens with zero attached hydrogens (tertiary/aromatic N) is 1. The van der Waals surface area contributed by atoms with Gasteiger partial charge in [-0.05, 0) is 31.2 Å². The van der Waals surface area contributed by atoms with Crippen molar-refractivity contribution >= 4 is 28.9 Å². The first-order valence-electron chi connectivity index (χ1n) is 7.98. The van der Waals surface area contributed by atoms with Crippen molar-refractivity contribution < 1.29 is 19.1 Å². The van der Waals surface area contributed by atoms with E-state index in [0.717, 1.165) is 5.69 Å². The number of para-hydroxylation sites is 2. The molecule has 2 aliphatic heterocycles. The van der Waals surface area contributed by atoms with Crippen LogP contribution < -0.4 is 25.0 Å². The van der Waals surface area contributed by atoms with Crippen LogP contribution in [0.3, 0.4) is 0 Å². The summed E-state index contributed by atoms with van der Waals surface area (Å²) < 4.78 is 10.6. The summed E-state index contributed by atoms with van der Waals surface area (Å²) in [6, 6.07) is 12.2. The molecule has 0 spiro atoms. The first kappa shape index (κ1) is 15.3. The Bertz CT molecular complexity index is 852. The maximum Gasteiger partial charge on any atom is 0.246 e. The molecule has 0 saturated carbocycles. The van der Waals surface area contributed by atoms with Crippen molar-refractivity contribution in [3.05, 3.63) is 42.5 Å². The van der Waals surface area contributed by atoms with E-state index in [-0.39, 0.29) is 25.2 Å². The molecule has 2 amide bonds. The maximum absolute atomic E-state index is 12.7. The highest BCUT2D eigenvalue weighted by Crippen LogP contribution is 2.35. The Morgan fingerprint density at radius 3 is 2.88 bits per heavy atom. The minimum Gasteiger partial charge on any atom is -0.454 e. The molecule has 0 fully saturated rings. The Kier molecular flexibility index (Phi) is 3.68. The number of carbonyl (C=O) groups excluding carboxylic acids is 2. The lowest BCUT2D eigenvalue weighted by Crippen LogP contribution is -2.48. The smallest absolute Gasteiger partial charge is 0.246 e. The highest BCUT2D eigenvalue weighted by atomic mass is 16.7. The van der Waals surface area contributed by atoms with Gasteiger partial charge in [-0.25, -0.2) is 0 Å². The van der Waals surface area contributed by atoms with Crippen molar-refractivity contribution in [1.82, 2.24) is 0 Å². The molecular weight excluding hydrogens is 322 g/mol. The van der Waals surface area contributed by atoms with Crippen molar-refractivity contribution in [3.8, 4) is 11.5 Å². The Morgan fingerprint density at radius 2 is 2.00 bits per heavy atom. The van der Waals surface area contributed by atoms with Gasteiger partial charge in [0.2, 0.25) is 18.6 Å². The van der Waals surface area contributed by atoms with Gasteiger partial charge in [-0.1, -0.05) is 12.1 Å². The third-order valence-electron chi connectivity index (χ3n) is 4.29. The largest absolute Gasteiger partial charge is 0.454 e. The van der Waals surface area contributed by atoms with Crippen LogP contribution in [-0.4, -0.2) is 31.2 Å². The van der Waals surface area contributed by atoms with Gasteiger partial charge in [0.05, 0.1) is 17.9 Å². The molecule has 7 nitrogen and oxygen atoms in total. The fourth-order valence-corrected chi connectivity index (χ4v) is 2.97. The average Bonchev–Trinajstić information content (AvgIpc) is 3.08. The van der Waals surface area contributed by atoms with Crippen molar-refractivity contribution in [2.24, 2.45) is 0 Å². The van der Waals surface area contributed by atoms with Crippen molar-refractivity contribution in [2.45, 2.75) is 13.0 Å². The Hall–Kier alpha value is -3.22. The molecule has 25 heavy (non-hydrogen) atoms. The molecule has 0 aliphatic carbocycles. The minimum absolute atomic E-state index is 0.132. The summed E-state index contributed by atoms with van der Waals surface area (Å²) in [6.07, 6.45) is 0. The van der Waals surface area contributed by atoms with E-state index in [9.17, 15) is 9.59 Å². The monoisotopic (exact) mass is 339 g/mol. The molecule has 4 rings (SSSR count). The van der Waals surface area contributed by atoms with Crippen LogP contribution in [0.25, 0.3) is 0 Å². The van der Waals surface area contributed by atoms with Crippen LogP contribution >= 0.6 is 0 Å². The van der Waals surface area contributed by atoms with Gasteiger partial charge in [0.1, 0.15) is 6.04 Å². The van der Waals surface area contributed by atoms with Gasteiger partial charge >= 0.3 is 0 Å². The summed E-state index contributed by atoms with van der Waals surface area (Å²) >= 11 is 0. The second kappa shape index (κ2) is 6.01. The zero-order valence-electron chi connectivity index (χ0n) is 13.6. The second-order valence-electron chi connectivity index (χ2n) is 5.93. The van der Waals surface area contributed by atoms with Crippen LogP contribution in [0.4, 0.5) is 17.1 Å². The van der Waals surface area contributed by atoms with E-state index in [1.807, 2.05) is 24.3 Å². The topological polar surface area (TPSA) is 79.9 Å².